The summed E-state index contributed by atoms with van der Waals surface area (Å²) < 4.78 is 0. The van der Waals surface area contributed by atoms with Gasteiger partial charge >= 0.3 is 0 Å². The first-order valence-electron chi connectivity index (χ1n) is 15.7. The van der Waals surface area contributed by atoms with Crippen molar-refractivity contribution in [3.63, 3.8) is 0 Å². The lowest BCUT2D eigenvalue weighted by atomic mass is 9.97. The van der Waals surface area contributed by atoms with E-state index in [-0.39, 0.29) is 0 Å². The standard InChI is InChI=1S/2C12H16.C11H14.C9H10/c1-9(2)11-5-7-12(8-6-11)10(3)4;1-9(2)11-6-5-7-12(8-11)10(3)4;1-4-10-7-5-6-8-11(10)9(2)3;1-8(2)9-6-4-3-5-7-9/h2*5-8,10H,1H2,2-4H3;4-9H,1H2,2-3H3;3-7H,1H2,2H3. The Labute approximate surface area is 270 Å². The van der Waals surface area contributed by atoms with E-state index in [1.165, 1.54) is 38.9 Å². The summed E-state index contributed by atoms with van der Waals surface area (Å²) in [6.45, 7) is 34.7. The maximum absolute atomic E-state index is 3.93. The summed E-state index contributed by atoms with van der Waals surface area (Å²) >= 11 is 0. The second-order valence-corrected chi connectivity index (χ2v) is 12.3. The van der Waals surface area contributed by atoms with Gasteiger partial charge in [-0.25, -0.2) is 0 Å². The van der Waals surface area contributed by atoms with Gasteiger partial charge in [0.15, 0.2) is 0 Å². The monoisotopic (exact) mass is 584 g/mol. The Morgan fingerprint density at radius 2 is 0.932 bits per heavy atom. The van der Waals surface area contributed by atoms with Gasteiger partial charge in [0.25, 0.3) is 0 Å². The van der Waals surface area contributed by atoms with Crippen LogP contribution < -0.4 is 0 Å². The van der Waals surface area contributed by atoms with Crippen molar-refractivity contribution in [2.24, 2.45) is 0 Å². The molecule has 0 heterocycles. The molecule has 0 aliphatic rings. The van der Waals surface area contributed by atoms with E-state index in [0.717, 1.165) is 16.7 Å². The molecule has 0 nitrogen and oxygen atoms in total. The molecule has 0 fully saturated rings. The maximum Gasteiger partial charge on any atom is -0.0213 e. The third-order valence-corrected chi connectivity index (χ3v) is 7.22. The van der Waals surface area contributed by atoms with E-state index >= 15 is 0 Å². The van der Waals surface area contributed by atoms with Crippen LogP contribution in [0.4, 0.5) is 0 Å². The average Bonchev–Trinajstić information content (AvgIpc) is 3.02. The summed E-state index contributed by atoms with van der Waals surface area (Å²) in [6, 6.07) is 35.7. The third-order valence-electron chi connectivity index (χ3n) is 7.22. The van der Waals surface area contributed by atoms with Gasteiger partial charge in [0.1, 0.15) is 0 Å². The molecular weight excluding hydrogens is 528 g/mol. The second-order valence-electron chi connectivity index (χ2n) is 12.3. The van der Waals surface area contributed by atoms with E-state index in [0.29, 0.717) is 17.8 Å². The highest BCUT2D eigenvalue weighted by Crippen LogP contribution is 2.21. The van der Waals surface area contributed by atoms with Crippen LogP contribution in [0.25, 0.3) is 22.8 Å². The van der Waals surface area contributed by atoms with Gasteiger partial charge in [-0.15, -0.1) is 0 Å². The van der Waals surface area contributed by atoms with Crippen LogP contribution in [-0.2, 0) is 0 Å². The highest BCUT2D eigenvalue weighted by molar-refractivity contribution is 5.62. The van der Waals surface area contributed by atoms with Gasteiger partial charge in [0.2, 0.25) is 0 Å². The van der Waals surface area contributed by atoms with E-state index in [9.17, 15) is 0 Å². The summed E-state index contributed by atoms with van der Waals surface area (Å²) in [5, 5.41) is 0. The van der Waals surface area contributed by atoms with Gasteiger partial charge < -0.3 is 0 Å². The molecule has 0 heteroatoms. The summed E-state index contributed by atoms with van der Waals surface area (Å²) in [5.74, 6) is 1.80. The van der Waals surface area contributed by atoms with Crippen LogP contribution in [0.15, 0.2) is 129 Å². The number of allylic oxidation sites excluding steroid dienone is 3. The molecule has 0 radical (unpaired) electrons. The molecule has 0 unspecified atom stereocenters. The van der Waals surface area contributed by atoms with Crippen LogP contribution in [0.5, 0.6) is 0 Å². The first-order chi connectivity index (χ1) is 20.8. The van der Waals surface area contributed by atoms with Crippen molar-refractivity contribution < 1.29 is 0 Å². The Bertz CT molecular complexity index is 1440. The SMILES string of the molecule is C=C(C)c1ccc(C(C)C)cc1.C=C(C)c1cccc(C(C)C)c1.C=C(C)c1ccccc1.C=Cc1ccccc1C(C)C. The van der Waals surface area contributed by atoms with Crippen LogP contribution >= 0.6 is 0 Å². The van der Waals surface area contributed by atoms with Gasteiger partial charge in [0, 0.05) is 0 Å². The first kappa shape index (κ1) is 37.9. The van der Waals surface area contributed by atoms with Crippen molar-refractivity contribution in [1.29, 1.82) is 0 Å². The van der Waals surface area contributed by atoms with Gasteiger partial charge in [-0.1, -0.05) is 194 Å². The average molecular weight is 585 g/mol. The summed E-state index contributed by atoms with van der Waals surface area (Å²) in [5.41, 5.74) is 12.5. The highest BCUT2D eigenvalue weighted by Gasteiger charge is 2.02. The molecule has 0 spiro atoms. The molecule has 4 rings (SSSR count). The molecule has 0 saturated heterocycles. The zero-order valence-electron chi connectivity index (χ0n) is 29.0. The number of benzene rings is 4. The van der Waals surface area contributed by atoms with Crippen molar-refractivity contribution >= 4 is 22.8 Å². The zero-order valence-corrected chi connectivity index (χ0v) is 29.0. The predicted molar refractivity (Wildman–Crippen MR) is 202 cm³/mol. The molecule has 0 aliphatic carbocycles. The van der Waals surface area contributed by atoms with Crippen molar-refractivity contribution in [1.82, 2.24) is 0 Å². The minimum Gasteiger partial charge on any atom is -0.0985 e. The summed E-state index contributed by atoms with van der Waals surface area (Å²) in [7, 11) is 0. The molecular formula is C44H56. The maximum atomic E-state index is 3.93. The van der Waals surface area contributed by atoms with Crippen molar-refractivity contribution in [2.75, 3.05) is 0 Å². The van der Waals surface area contributed by atoms with Crippen LogP contribution in [0.2, 0.25) is 0 Å². The normalized spacial score (nSPS) is 10.0. The lowest BCUT2D eigenvalue weighted by Gasteiger charge is -2.08. The van der Waals surface area contributed by atoms with Crippen molar-refractivity contribution in [2.45, 2.75) is 80.1 Å². The lowest BCUT2D eigenvalue weighted by Crippen LogP contribution is -1.89. The van der Waals surface area contributed by atoms with E-state index in [1.54, 1.807) is 0 Å². The largest absolute Gasteiger partial charge is 0.0985 e. The van der Waals surface area contributed by atoms with E-state index in [4.69, 9.17) is 0 Å². The van der Waals surface area contributed by atoms with Gasteiger partial charge in [0.05, 0.1) is 0 Å². The van der Waals surface area contributed by atoms with Gasteiger partial charge in [-0.3, -0.25) is 0 Å². The molecule has 0 aliphatic heterocycles. The molecule has 232 valence electrons. The molecule has 0 amide bonds. The molecule has 0 N–H and O–H groups in total. The molecule has 0 atom stereocenters. The summed E-state index contributed by atoms with van der Waals surface area (Å²) in [6.07, 6.45) is 1.91. The Kier molecular flexibility index (Phi) is 17.1. The van der Waals surface area contributed by atoms with E-state index < -0.39 is 0 Å². The molecule has 0 aromatic heterocycles. The number of hydrogen-bond acceptors (Lipinski definition) is 0. The minimum absolute atomic E-state index is 0.587. The lowest BCUT2D eigenvalue weighted by molar-refractivity contribution is 0.864. The Morgan fingerprint density at radius 3 is 1.34 bits per heavy atom. The predicted octanol–water partition coefficient (Wildman–Crippen LogP) is 13.9. The Balaban J connectivity index is 0.000000295. The number of rotatable bonds is 7. The van der Waals surface area contributed by atoms with Gasteiger partial charge in [-0.05, 0) is 77.5 Å². The van der Waals surface area contributed by atoms with Crippen LogP contribution in [0.1, 0.15) is 119 Å². The molecule has 0 bridgehead atoms. The zero-order chi connectivity index (χ0) is 33.2. The minimum atomic E-state index is 0.587. The van der Waals surface area contributed by atoms with Crippen LogP contribution in [0, 0.1) is 0 Å². The Morgan fingerprint density at radius 1 is 0.477 bits per heavy atom. The van der Waals surface area contributed by atoms with Crippen molar-refractivity contribution in [3.8, 4) is 0 Å². The quantitative estimate of drug-likeness (QED) is 0.203. The van der Waals surface area contributed by atoms with Crippen LogP contribution in [-0.4, -0.2) is 0 Å². The summed E-state index contributed by atoms with van der Waals surface area (Å²) in [4.78, 5) is 0. The van der Waals surface area contributed by atoms with E-state index in [2.05, 4.69) is 147 Å². The van der Waals surface area contributed by atoms with Crippen molar-refractivity contribution in [3.05, 3.63) is 168 Å². The third kappa shape index (κ3) is 13.9. The fourth-order valence-electron chi connectivity index (χ4n) is 4.26. The smallest absolute Gasteiger partial charge is 0.0213 e. The molecule has 0 saturated carbocycles. The molecule has 4 aromatic rings. The molecule has 4 aromatic carbocycles. The number of hydrogen-bond donors (Lipinski definition) is 0. The topological polar surface area (TPSA) is 0 Å². The van der Waals surface area contributed by atoms with Gasteiger partial charge in [-0.2, -0.15) is 0 Å². The van der Waals surface area contributed by atoms with E-state index in [1.807, 2.05) is 51.1 Å². The molecule has 44 heavy (non-hydrogen) atoms. The Hall–Kier alpha value is -4.16. The first-order valence-corrected chi connectivity index (χ1v) is 15.7. The second kappa shape index (κ2) is 19.9. The fraction of sp³-hybridized carbons (Fsp3) is 0.273. The highest BCUT2D eigenvalue weighted by atomic mass is 14.1. The fourth-order valence-corrected chi connectivity index (χ4v) is 4.26. The van der Waals surface area contributed by atoms with Crippen LogP contribution in [0.3, 0.4) is 0 Å².